The highest BCUT2D eigenvalue weighted by Gasteiger charge is 2.03. The van der Waals surface area contributed by atoms with Crippen LogP contribution in [-0.2, 0) is 13.0 Å². The van der Waals surface area contributed by atoms with Gasteiger partial charge < -0.3 is 15.5 Å². The minimum atomic E-state index is 0.437. The van der Waals surface area contributed by atoms with E-state index in [0.29, 0.717) is 31.4 Å². The predicted octanol–water partition coefficient (Wildman–Crippen LogP) is 1.18. The third-order valence-corrected chi connectivity index (χ3v) is 2.11. The fourth-order valence-electron chi connectivity index (χ4n) is 1.32. The maximum atomic E-state index is 5.39. The third-order valence-electron chi connectivity index (χ3n) is 2.11. The number of benzene rings is 1. The molecule has 0 spiro atoms. The van der Waals surface area contributed by atoms with Crippen LogP contribution in [0, 0.1) is 0 Å². The van der Waals surface area contributed by atoms with E-state index in [4.69, 9.17) is 10.2 Å². The van der Waals surface area contributed by atoms with Crippen LogP contribution >= 0.6 is 0 Å². The third kappa shape index (κ3) is 2.80. The minimum absolute atomic E-state index is 0.437. The lowest BCUT2D eigenvalue weighted by molar-refractivity contribution is 0.505. The summed E-state index contributed by atoms with van der Waals surface area (Å²) in [5.41, 5.74) is 6.55. The average molecular weight is 218 g/mol. The highest BCUT2D eigenvalue weighted by Crippen LogP contribution is 2.07. The molecule has 84 valence electrons. The maximum Gasteiger partial charge on any atom is 0.315 e. The van der Waals surface area contributed by atoms with Gasteiger partial charge in [-0.15, -0.1) is 5.10 Å². The van der Waals surface area contributed by atoms with Crippen molar-refractivity contribution < 1.29 is 4.42 Å². The lowest BCUT2D eigenvalue weighted by atomic mass is 10.2. The van der Waals surface area contributed by atoms with Crippen LogP contribution in [-0.4, -0.2) is 16.7 Å². The van der Waals surface area contributed by atoms with Gasteiger partial charge in [-0.25, -0.2) is 0 Å². The summed E-state index contributed by atoms with van der Waals surface area (Å²) in [6.07, 6.45) is 0.611. The Hall–Kier alpha value is -1.88. The molecule has 5 heteroatoms. The summed E-state index contributed by atoms with van der Waals surface area (Å²) in [5.74, 6) is 0.568. The van der Waals surface area contributed by atoms with Crippen LogP contribution in [0.5, 0.6) is 0 Å². The van der Waals surface area contributed by atoms with Gasteiger partial charge in [0.2, 0.25) is 5.89 Å². The van der Waals surface area contributed by atoms with E-state index in [1.807, 2.05) is 30.3 Å². The van der Waals surface area contributed by atoms with Gasteiger partial charge in [0, 0.05) is 19.5 Å². The van der Waals surface area contributed by atoms with Crippen LogP contribution in [0.1, 0.15) is 11.5 Å². The van der Waals surface area contributed by atoms with Crippen molar-refractivity contribution in [3.05, 3.63) is 41.8 Å². The maximum absolute atomic E-state index is 5.39. The van der Waals surface area contributed by atoms with Crippen molar-refractivity contribution in [2.45, 2.75) is 13.0 Å². The monoisotopic (exact) mass is 218 g/mol. The first kappa shape index (κ1) is 10.6. The zero-order valence-electron chi connectivity index (χ0n) is 8.89. The van der Waals surface area contributed by atoms with E-state index >= 15 is 0 Å². The van der Waals surface area contributed by atoms with Crippen LogP contribution in [0.4, 0.5) is 6.01 Å². The van der Waals surface area contributed by atoms with Gasteiger partial charge in [-0.05, 0) is 5.56 Å². The number of hydrogen-bond donors (Lipinski definition) is 2. The molecule has 3 N–H and O–H groups in total. The molecule has 2 aromatic rings. The van der Waals surface area contributed by atoms with E-state index in [2.05, 4.69) is 15.5 Å². The number of nitrogens with zero attached hydrogens (tertiary/aromatic N) is 2. The number of rotatable bonds is 5. The Kier molecular flexibility index (Phi) is 3.50. The van der Waals surface area contributed by atoms with E-state index < -0.39 is 0 Å². The Balaban J connectivity index is 1.89. The first-order valence-electron chi connectivity index (χ1n) is 5.19. The van der Waals surface area contributed by atoms with Gasteiger partial charge in [0.05, 0.1) is 0 Å². The van der Waals surface area contributed by atoms with Gasteiger partial charge in [0.1, 0.15) is 0 Å². The van der Waals surface area contributed by atoms with Crippen molar-refractivity contribution in [1.29, 1.82) is 0 Å². The standard InChI is InChI=1S/C11H14N4O/c12-7-6-10-14-15-11(16-10)13-8-9-4-2-1-3-5-9/h1-5H,6-8,12H2,(H,13,15). The first-order valence-corrected chi connectivity index (χ1v) is 5.19. The second-order valence-electron chi connectivity index (χ2n) is 3.38. The Morgan fingerprint density at radius 3 is 2.75 bits per heavy atom. The van der Waals surface area contributed by atoms with Crippen molar-refractivity contribution in [3.8, 4) is 0 Å². The molecule has 0 aliphatic carbocycles. The zero-order chi connectivity index (χ0) is 11.2. The Morgan fingerprint density at radius 1 is 1.19 bits per heavy atom. The van der Waals surface area contributed by atoms with Crippen LogP contribution in [0.3, 0.4) is 0 Å². The molecule has 0 aliphatic rings. The van der Waals surface area contributed by atoms with Crippen molar-refractivity contribution in [1.82, 2.24) is 10.2 Å². The van der Waals surface area contributed by atoms with Crippen LogP contribution in [0.15, 0.2) is 34.7 Å². The summed E-state index contributed by atoms with van der Waals surface area (Å²) < 4.78 is 5.33. The van der Waals surface area contributed by atoms with E-state index in [9.17, 15) is 0 Å². The van der Waals surface area contributed by atoms with Gasteiger partial charge in [-0.2, -0.15) is 0 Å². The summed E-state index contributed by atoms with van der Waals surface area (Å²) in [6, 6.07) is 10.5. The Labute approximate surface area is 93.7 Å². The predicted molar refractivity (Wildman–Crippen MR) is 60.8 cm³/mol. The summed E-state index contributed by atoms with van der Waals surface area (Å²) in [7, 11) is 0. The molecular weight excluding hydrogens is 204 g/mol. The van der Waals surface area contributed by atoms with Crippen LogP contribution in [0.25, 0.3) is 0 Å². The van der Waals surface area contributed by atoms with E-state index in [1.54, 1.807) is 0 Å². The molecule has 0 unspecified atom stereocenters. The molecule has 0 radical (unpaired) electrons. The molecule has 5 nitrogen and oxygen atoms in total. The largest absolute Gasteiger partial charge is 0.408 e. The lowest BCUT2D eigenvalue weighted by Crippen LogP contribution is -2.02. The summed E-state index contributed by atoms with van der Waals surface area (Å²) in [4.78, 5) is 0. The molecule has 16 heavy (non-hydrogen) atoms. The molecule has 1 aromatic carbocycles. The van der Waals surface area contributed by atoms with Crippen molar-refractivity contribution >= 4 is 6.01 Å². The van der Waals surface area contributed by atoms with Crippen molar-refractivity contribution in [3.63, 3.8) is 0 Å². The molecular formula is C11H14N4O. The molecule has 0 saturated carbocycles. The molecule has 2 rings (SSSR count). The molecule has 1 heterocycles. The average Bonchev–Trinajstić information content (AvgIpc) is 2.76. The quantitative estimate of drug-likeness (QED) is 0.788. The van der Waals surface area contributed by atoms with Crippen LogP contribution < -0.4 is 11.1 Å². The van der Waals surface area contributed by atoms with Crippen molar-refractivity contribution in [2.75, 3.05) is 11.9 Å². The fourth-order valence-corrected chi connectivity index (χ4v) is 1.32. The smallest absolute Gasteiger partial charge is 0.315 e. The van der Waals surface area contributed by atoms with Crippen LogP contribution in [0.2, 0.25) is 0 Å². The molecule has 0 atom stereocenters. The number of anilines is 1. The summed E-state index contributed by atoms with van der Waals surface area (Å²) in [5, 5.41) is 10.8. The van der Waals surface area contributed by atoms with Gasteiger partial charge in [0.25, 0.3) is 0 Å². The Morgan fingerprint density at radius 2 is 2.00 bits per heavy atom. The number of nitrogens with one attached hydrogen (secondary N) is 1. The topological polar surface area (TPSA) is 77.0 Å². The molecule has 0 bridgehead atoms. The molecule has 0 saturated heterocycles. The second-order valence-corrected chi connectivity index (χ2v) is 3.38. The van der Waals surface area contributed by atoms with Gasteiger partial charge in [-0.3, -0.25) is 0 Å². The van der Waals surface area contributed by atoms with Gasteiger partial charge in [0.15, 0.2) is 0 Å². The SMILES string of the molecule is NCCc1nnc(NCc2ccccc2)o1. The summed E-state index contributed by atoms with van der Waals surface area (Å²) >= 11 is 0. The Bertz CT molecular complexity index is 427. The lowest BCUT2D eigenvalue weighted by Gasteiger charge is -2.00. The molecule has 1 aromatic heterocycles. The normalized spacial score (nSPS) is 10.3. The van der Waals surface area contributed by atoms with E-state index in [0.717, 1.165) is 0 Å². The molecule has 0 fully saturated rings. The van der Waals surface area contributed by atoms with Crippen molar-refractivity contribution in [2.24, 2.45) is 5.73 Å². The first-order chi connectivity index (χ1) is 7.88. The number of aromatic nitrogens is 2. The highest BCUT2D eigenvalue weighted by molar-refractivity contribution is 5.23. The molecule has 0 amide bonds. The highest BCUT2D eigenvalue weighted by atomic mass is 16.4. The van der Waals surface area contributed by atoms with E-state index in [-0.39, 0.29) is 0 Å². The molecule has 0 aliphatic heterocycles. The van der Waals surface area contributed by atoms with Gasteiger partial charge >= 0.3 is 6.01 Å². The second kappa shape index (κ2) is 5.27. The summed E-state index contributed by atoms with van der Waals surface area (Å²) in [6.45, 7) is 1.19. The zero-order valence-corrected chi connectivity index (χ0v) is 8.89. The minimum Gasteiger partial charge on any atom is -0.408 e. The number of nitrogens with two attached hydrogens (primary N) is 1. The number of hydrogen-bond acceptors (Lipinski definition) is 5. The van der Waals surface area contributed by atoms with E-state index in [1.165, 1.54) is 5.56 Å². The fraction of sp³-hybridized carbons (Fsp3) is 0.273. The van der Waals surface area contributed by atoms with Gasteiger partial charge in [-0.1, -0.05) is 35.4 Å².